The van der Waals surface area contributed by atoms with E-state index in [2.05, 4.69) is 19.2 Å². The molecule has 0 atom stereocenters. The maximum Gasteiger partial charge on any atom is 0.168 e. The number of ether oxygens (including phenoxy) is 1. The van der Waals surface area contributed by atoms with Gasteiger partial charge in [-0.15, -0.1) is 0 Å². The normalized spacial score (nSPS) is 15.5. The quantitative estimate of drug-likeness (QED) is 0.554. The molecule has 1 aliphatic carbocycles. The molecule has 0 aromatic rings. The minimum Gasteiger partial charge on any atom is -0.379 e. The summed E-state index contributed by atoms with van der Waals surface area (Å²) in [5.41, 5.74) is 0. The number of nitrogens with zero attached hydrogens (tertiary/aromatic N) is 1. The molecule has 0 heterocycles. The van der Waals surface area contributed by atoms with Crippen LogP contribution in [0.4, 0.5) is 0 Å². The van der Waals surface area contributed by atoms with Gasteiger partial charge in [0, 0.05) is 26.2 Å². The fourth-order valence-electron chi connectivity index (χ4n) is 1.19. The molecule has 0 aromatic heterocycles. The topological polar surface area (TPSA) is 24.5 Å². The Bertz CT molecular complexity index is 205. The third-order valence-corrected chi connectivity index (χ3v) is 2.81. The van der Waals surface area contributed by atoms with Crippen molar-refractivity contribution in [2.45, 2.75) is 32.7 Å². The molecule has 3 nitrogen and oxygen atoms in total. The van der Waals surface area contributed by atoms with Crippen LogP contribution in [0.1, 0.15) is 26.7 Å². The summed E-state index contributed by atoms with van der Waals surface area (Å²) < 4.78 is 5.55. The van der Waals surface area contributed by atoms with E-state index in [0.29, 0.717) is 6.04 Å². The first kappa shape index (κ1) is 12.7. The van der Waals surface area contributed by atoms with Gasteiger partial charge in [-0.25, -0.2) is 0 Å². The summed E-state index contributed by atoms with van der Waals surface area (Å²) >= 11 is 5.23. The second kappa shape index (κ2) is 6.28. The Hall–Kier alpha value is -0.350. The predicted molar refractivity (Wildman–Crippen MR) is 67.0 cm³/mol. The second-order valence-electron chi connectivity index (χ2n) is 4.54. The maximum atomic E-state index is 5.55. The van der Waals surface area contributed by atoms with Crippen molar-refractivity contribution in [1.82, 2.24) is 10.2 Å². The van der Waals surface area contributed by atoms with Crippen LogP contribution in [-0.4, -0.2) is 42.9 Å². The van der Waals surface area contributed by atoms with Crippen molar-refractivity contribution in [2.75, 3.05) is 26.8 Å². The SMILES string of the molecule is CC(C)NC(=S)N(C)CCOCC1CC1. The largest absolute Gasteiger partial charge is 0.379 e. The molecule has 1 fully saturated rings. The number of rotatable bonds is 6. The zero-order valence-corrected chi connectivity index (χ0v) is 10.8. The highest BCUT2D eigenvalue weighted by Gasteiger charge is 2.21. The minimum atomic E-state index is 0.396. The van der Waals surface area contributed by atoms with Crippen LogP contribution in [0, 0.1) is 5.92 Å². The molecule has 0 aliphatic heterocycles. The molecule has 15 heavy (non-hydrogen) atoms. The zero-order chi connectivity index (χ0) is 11.3. The lowest BCUT2D eigenvalue weighted by Gasteiger charge is -2.22. The zero-order valence-electron chi connectivity index (χ0n) is 9.95. The summed E-state index contributed by atoms with van der Waals surface area (Å²) in [6.45, 7) is 6.74. The molecule has 0 bridgehead atoms. The standard InChI is InChI=1S/C11H22N2OS/c1-9(2)12-11(15)13(3)6-7-14-8-10-4-5-10/h9-10H,4-8H2,1-3H3,(H,12,15). The highest BCUT2D eigenvalue weighted by molar-refractivity contribution is 7.80. The van der Waals surface area contributed by atoms with Gasteiger partial charge in [-0.3, -0.25) is 0 Å². The van der Waals surface area contributed by atoms with Crippen molar-refractivity contribution in [3.05, 3.63) is 0 Å². The molecule has 1 rings (SSSR count). The van der Waals surface area contributed by atoms with E-state index in [-0.39, 0.29) is 0 Å². The molecule has 0 amide bonds. The Morgan fingerprint density at radius 1 is 1.53 bits per heavy atom. The first-order valence-corrected chi connectivity index (χ1v) is 6.09. The van der Waals surface area contributed by atoms with E-state index < -0.39 is 0 Å². The van der Waals surface area contributed by atoms with Gasteiger partial charge in [0.1, 0.15) is 0 Å². The summed E-state index contributed by atoms with van der Waals surface area (Å²) in [7, 11) is 2.00. The Kier molecular flexibility index (Phi) is 5.32. The van der Waals surface area contributed by atoms with E-state index >= 15 is 0 Å². The molecule has 4 heteroatoms. The highest BCUT2D eigenvalue weighted by atomic mass is 32.1. The van der Waals surface area contributed by atoms with Crippen LogP contribution >= 0.6 is 12.2 Å². The molecule has 0 aromatic carbocycles. The molecular weight excluding hydrogens is 208 g/mol. The minimum absolute atomic E-state index is 0.396. The lowest BCUT2D eigenvalue weighted by atomic mass is 10.4. The smallest absolute Gasteiger partial charge is 0.168 e. The van der Waals surface area contributed by atoms with Gasteiger partial charge < -0.3 is 15.0 Å². The summed E-state index contributed by atoms with van der Waals surface area (Å²) in [6, 6.07) is 0.396. The Labute approximate surface area is 98.2 Å². The van der Waals surface area contributed by atoms with Crippen molar-refractivity contribution >= 4 is 17.3 Å². The molecule has 0 spiro atoms. The average molecular weight is 230 g/mol. The van der Waals surface area contributed by atoms with E-state index in [9.17, 15) is 0 Å². The molecule has 0 unspecified atom stereocenters. The second-order valence-corrected chi connectivity index (χ2v) is 4.93. The van der Waals surface area contributed by atoms with Crippen LogP contribution < -0.4 is 5.32 Å². The summed E-state index contributed by atoms with van der Waals surface area (Å²) in [5, 5.41) is 4.01. The van der Waals surface area contributed by atoms with Gasteiger partial charge in [-0.1, -0.05) is 0 Å². The van der Waals surface area contributed by atoms with Crippen LogP contribution in [0.25, 0.3) is 0 Å². The Morgan fingerprint density at radius 3 is 2.73 bits per heavy atom. The fraction of sp³-hybridized carbons (Fsp3) is 0.909. The molecule has 88 valence electrons. The van der Waals surface area contributed by atoms with Crippen molar-refractivity contribution < 1.29 is 4.74 Å². The van der Waals surface area contributed by atoms with Crippen molar-refractivity contribution in [2.24, 2.45) is 5.92 Å². The van der Waals surface area contributed by atoms with Gasteiger partial charge in [0.15, 0.2) is 5.11 Å². The maximum absolute atomic E-state index is 5.55. The van der Waals surface area contributed by atoms with Gasteiger partial charge >= 0.3 is 0 Å². The van der Waals surface area contributed by atoms with E-state index in [0.717, 1.165) is 30.8 Å². The molecule has 0 saturated heterocycles. The monoisotopic (exact) mass is 230 g/mol. The van der Waals surface area contributed by atoms with Crippen molar-refractivity contribution in [3.63, 3.8) is 0 Å². The lowest BCUT2D eigenvalue weighted by molar-refractivity contribution is 0.115. The van der Waals surface area contributed by atoms with Crippen LogP contribution in [0.3, 0.4) is 0 Å². The predicted octanol–water partition coefficient (Wildman–Crippen LogP) is 1.63. The van der Waals surface area contributed by atoms with Crippen LogP contribution in [-0.2, 0) is 4.74 Å². The van der Waals surface area contributed by atoms with Gasteiger partial charge in [-0.2, -0.15) is 0 Å². The average Bonchev–Trinajstić information content (AvgIpc) is 2.94. The number of likely N-dealkylation sites (N-methyl/N-ethyl adjacent to an activating group) is 1. The first-order valence-electron chi connectivity index (χ1n) is 5.69. The molecule has 0 radical (unpaired) electrons. The number of hydrogen-bond donors (Lipinski definition) is 1. The fourth-order valence-corrected chi connectivity index (χ4v) is 1.52. The van der Waals surface area contributed by atoms with E-state index in [4.69, 9.17) is 17.0 Å². The van der Waals surface area contributed by atoms with Gasteiger partial charge in [-0.05, 0) is 44.8 Å². The lowest BCUT2D eigenvalue weighted by Crippen LogP contribution is -2.41. The molecule has 1 aliphatic rings. The Balaban J connectivity index is 2.00. The summed E-state index contributed by atoms with van der Waals surface area (Å²) in [6.07, 6.45) is 2.70. The van der Waals surface area contributed by atoms with Crippen molar-refractivity contribution in [3.8, 4) is 0 Å². The van der Waals surface area contributed by atoms with Gasteiger partial charge in [0.2, 0.25) is 0 Å². The van der Waals surface area contributed by atoms with Crippen LogP contribution in [0.2, 0.25) is 0 Å². The van der Waals surface area contributed by atoms with Gasteiger partial charge in [0.05, 0.1) is 6.61 Å². The first-order chi connectivity index (χ1) is 7.09. The number of hydrogen-bond acceptors (Lipinski definition) is 2. The van der Waals surface area contributed by atoms with Gasteiger partial charge in [0.25, 0.3) is 0 Å². The molecule has 1 saturated carbocycles. The van der Waals surface area contributed by atoms with Crippen LogP contribution in [0.15, 0.2) is 0 Å². The Morgan fingerprint density at radius 2 is 2.20 bits per heavy atom. The summed E-state index contributed by atoms with van der Waals surface area (Å²) in [5.74, 6) is 0.844. The third kappa shape index (κ3) is 5.95. The highest BCUT2D eigenvalue weighted by Crippen LogP contribution is 2.28. The van der Waals surface area contributed by atoms with E-state index in [1.54, 1.807) is 0 Å². The van der Waals surface area contributed by atoms with Crippen molar-refractivity contribution in [1.29, 1.82) is 0 Å². The molecule has 1 N–H and O–H groups in total. The van der Waals surface area contributed by atoms with E-state index in [1.165, 1.54) is 12.8 Å². The number of thiocarbonyl (C=S) groups is 1. The molecular formula is C11H22N2OS. The van der Waals surface area contributed by atoms with E-state index in [1.807, 2.05) is 11.9 Å². The third-order valence-electron chi connectivity index (χ3n) is 2.38. The summed E-state index contributed by atoms with van der Waals surface area (Å²) in [4.78, 5) is 2.03. The number of nitrogens with one attached hydrogen (secondary N) is 1. The van der Waals surface area contributed by atoms with Crippen LogP contribution in [0.5, 0.6) is 0 Å².